The second-order valence-electron chi connectivity index (χ2n) is 7.99. The molecular weight excluding hydrogens is 430 g/mol. The summed E-state index contributed by atoms with van der Waals surface area (Å²) in [5.74, 6) is 0.200. The summed E-state index contributed by atoms with van der Waals surface area (Å²) in [5.41, 5.74) is 1.13. The quantitative estimate of drug-likeness (QED) is 0.676. The first-order valence-corrected chi connectivity index (χ1v) is 11.2. The van der Waals surface area contributed by atoms with Crippen molar-refractivity contribution in [1.82, 2.24) is 10.2 Å². The third-order valence-corrected chi connectivity index (χ3v) is 6.08. The van der Waals surface area contributed by atoms with Crippen LogP contribution < -0.4 is 15.0 Å². The summed E-state index contributed by atoms with van der Waals surface area (Å²) in [5, 5.41) is 3.88. The first kappa shape index (κ1) is 22.3. The number of hydrogen-bond acceptors (Lipinski definition) is 5. The number of benzene rings is 2. The summed E-state index contributed by atoms with van der Waals surface area (Å²) >= 11 is 6.00. The smallest absolute Gasteiger partial charge is 0.253 e. The number of piperidine rings is 1. The Kier molecular flexibility index (Phi) is 6.77. The summed E-state index contributed by atoms with van der Waals surface area (Å²) in [7, 11) is 0. The maximum atomic E-state index is 12.9. The molecule has 2 aromatic carbocycles. The Hall–Kier alpha value is -2.90. The van der Waals surface area contributed by atoms with Gasteiger partial charge in [-0.2, -0.15) is 0 Å². The molecule has 2 aliphatic heterocycles. The molecule has 0 aliphatic carbocycles. The lowest BCUT2D eigenvalue weighted by Crippen LogP contribution is -2.49. The van der Waals surface area contributed by atoms with Gasteiger partial charge in [-0.3, -0.25) is 14.4 Å². The van der Waals surface area contributed by atoms with Gasteiger partial charge < -0.3 is 15.0 Å². The van der Waals surface area contributed by atoms with Gasteiger partial charge in [-0.25, -0.2) is 4.90 Å². The highest BCUT2D eigenvalue weighted by Crippen LogP contribution is 2.26. The second-order valence-corrected chi connectivity index (χ2v) is 8.43. The fourth-order valence-corrected chi connectivity index (χ4v) is 4.42. The van der Waals surface area contributed by atoms with Crippen LogP contribution >= 0.6 is 11.6 Å². The summed E-state index contributed by atoms with van der Waals surface area (Å²) < 4.78 is 5.42. The van der Waals surface area contributed by atoms with E-state index in [4.69, 9.17) is 16.3 Å². The second kappa shape index (κ2) is 9.71. The number of likely N-dealkylation sites (tertiary alicyclic amines) is 1. The molecule has 2 fully saturated rings. The van der Waals surface area contributed by atoms with Crippen molar-refractivity contribution in [3.8, 4) is 5.75 Å². The van der Waals surface area contributed by atoms with Crippen LogP contribution in [-0.4, -0.2) is 54.4 Å². The Labute approximate surface area is 192 Å². The van der Waals surface area contributed by atoms with E-state index >= 15 is 0 Å². The zero-order valence-electron chi connectivity index (χ0n) is 17.9. The molecule has 7 nitrogen and oxygen atoms in total. The fraction of sp³-hybridized carbons (Fsp3) is 0.375. The first-order chi connectivity index (χ1) is 15.5. The molecule has 0 bridgehead atoms. The van der Waals surface area contributed by atoms with Gasteiger partial charge in [-0.05, 0) is 62.2 Å². The average molecular weight is 456 g/mol. The molecule has 2 aliphatic rings. The zero-order valence-corrected chi connectivity index (χ0v) is 18.7. The Morgan fingerprint density at radius 2 is 1.84 bits per heavy atom. The number of imide groups is 1. The molecule has 0 spiro atoms. The van der Waals surface area contributed by atoms with Crippen molar-refractivity contribution < 1.29 is 19.1 Å². The first-order valence-electron chi connectivity index (χ1n) is 10.9. The van der Waals surface area contributed by atoms with Crippen molar-refractivity contribution in [2.75, 3.05) is 24.6 Å². The Morgan fingerprint density at radius 3 is 2.50 bits per heavy atom. The maximum Gasteiger partial charge on any atom is 0.253 e. The average Bonchev–Trinajstić information content (AvgIpc) is 3.07. The van der Waals surface area contributed by atoms with Crippen LogP contribution in [0.5, 0.6) is 5.75 Å². The number of carbonyl (C=O) groups excluding carboxylic acids is 3. The lowest BCUT2D eigenvalue weighted by atomic mass is 10.0. The maximum absolute atomic E-state index is 12.9. The van der Waals surface area contributed by atoms with E-state index in [0.29, 0.717) is 54.6 Å². The van der Waals surface area contributed by atoms with Crippen LogP contribution in [0.1, 0.15) is 36.5 Å². The molecule has 0 radical (unpaired) electrons. The van der Waals surface area contributed by atoms with E-state index in [0.717, 1.165) is 0 Å². The number of halogens is 1. The number of hydrogen-bond donors (Lipinski definition) is 1. The van der Waals surface area contributed by atoms with Crippen LogP contribution in [0.4, 0.5) is 5.69 Å². The highest BCUT2D eigenvalue weighted by Gasteiger charge is 2.40. The van der Waals surface area contributed by atoms with Crippen LogP contribution in [0.2, 0.25) is 5.02 Å². The van der Waals surface area contributed by atoms with Crippen molar-refractivity contribution in [2.45, 2.75) is 38.3 Å². The minimum absolute atomic E-state index is 0.0419. The third-order valence-electron chi connectivity index (χ3n) is 5.84. The number of anilines is 1. The van der Waals surface area contributed by atoms with Crippen LogP contribution in [0.3, 0.4) is 0 Å². The number of rotatable bonds is 6. The summed E-state index contributed by atoms with van der Waals surface area (Å²) in [4.78, 5) is 41.2. The van der Waals surface area contributed by atoms with Crippen molar-refractivity contribution in [3.63, 3.8) is 0 Å². The predicted octanol–water partition coefficient (Wildman–Crippen LogP) is 3.27. The lowest BCUT2D eigenvalue weighted by molar-refractivity contribution is -0.121. The van der Waals surface area contributed by atoms with Gasteiger partial charge in [0.1, 0.15) is 5.75 Å². The fourth-order valence-electron chi connectivity index (χ4n) is 4.23. The van der Waals surface area contributed by atoms with E-state index in [1.54, 1.807) is 53.4 Å². The van der Waals surface area contributed by atoms with Crippen LogP contribution in [0.25, 0.3) is 0 Å². The summed E-state index contributed by atoms with van der Waals surface area (Å²) in [6.45, 7) is 3.62. The number of amides is 3. The molecule has 3 amide bonds. The SMILES string of the molecule is CCOc1ccc(N2C(=O)C[C@@H](NC3CCN(C(=O)c4cccc(Cl)c4)CC3)C2=O)cc1. The molecule has 4 rings (SSSR count). The number of carbonyl (C=O) groups is 3. The van der Waals surface area contributed by atoms with Crippen LogP contribution in [0.15, 0.2) is 48.5 Å². The Balaban J connectivity index is 1.33. The van der Waals surface area contributed by atoms with E-state index in [2.05, 4.69) is 5.32 Å². The van der Waals surface area contributed by atoms with Crippen molar-refractivity contribution >= 4 is 35.0 Å². The molecule has 2 saturated heterocycles. The highest BCUT2D eigenvalue weighted by atomic mass is 35.5. The van der Waals surface area contributed by atoms with Gasteiger partial charge in [0.2, 0.25) is 5.91 Å². The molecule has 0 saturated carbocycles. The van der Waals surface area contributed by atoms with Gasteiger partial charge in [-0.15, -0.1) is 0 Å². The lowest BCUT2D eigenvalue weighted by Gasteiger charge is -2.33. The number of nitrogens with one attached hydrogen (secondary N) is 1. The molecule has 0 aromatic heterocycles. The number of nitrogens with zero attached hydrogens (tertiary/aromatic N) is 2. The van der Waals surface area contributed by atoms with Crippen molar-refractivity contribution in [1.29, 1.82) is 0 Å². The zero-order chi connectivity index (χ0) is 22.7. The molecule has 2 aromatic rings. The van der Waals surface area contributed by atoms with Gasteiger partial charge in [0.05, 0.1) is 24.8 Å². The Bertz CT molecular complexity index is 1000. The Morgan fingerprint density at radius 1 is 1.12 bits per heavy atom. The minimum Gasteiger partial charge on any atom is -0.494 e. The molecule has 0 unspecified atom stereocenters. The molecule has 1 atom stereocenters. The van der Waals surface area contributed by atoms with E-state index in [9.17, 15) is 14.4 Å². The molecule has 2 heterocycles. The minimum atomic E-state index is -0.547. The standard InChI is InChI=1S/C24H26ClN3O4/c1-2-32-20-8-6-19(7-9-20)28-22(29)15-21(24(28)31)26-18-10-12-27(13-11-18)23(30)16-4-3-5-17(25)14-16/h3-9,14,18,21,26H,2,10-13,15H2,1H3/t21-/m1/s1. The topological polar surface area (TPSA) is 79.0 Å². The van der Waals surface area contributed by atoms with Crippen LogP contribution in [-0.2, 0) is 9.59 Å². The van der Waals surface area contributed by atoms with Crippen molar-refractivity contribution in [2.24, 2.45) is 0 Å². The monoisotopic (exact) mass is 455 g/mol. The normalized spacial score (nSPS) is 19.5. The van der Waals surface area contributed by atoms with E-state index in [1.165, 1.54) is 4.90 Å². The molecule has 1 N–H and O–H groups in total. The predicted molar refractivity (Wildman–Crippen MR) is 122 cm³/mol. The van der Waals surface area contributed by atoms with Crippen LogP contribution in [0, 0.1) is 0 Å². The number of ether oxygens (including phenoxy) is 1. The van der Waals surface area contributed by atoms with Gasteiger partial charge >= 0.3 is 0 Å². The summed E-state index contributed by atoms with van der Waals surface area (Å²) in [6.07, 6.45) is 1.56. The van der Waals surface area contributed by atoms with Gasteiger partial charge in [0.15, 0.2) is 0 Å². The van der Waals surface area contributed by atoms with E-state index < -0.39 is 6.04 Å². The summed E-state index contributed by atoms with van der Waals surface area (Å²) in [6, 6.07) is 13.4. The largest absolute Gasteiger partial charge is 0.494 e. The van der Waals surface area contributed by atoms with Crippen molar-refractivity contribution in [3.05, 3.63) is 59.1 Å². The molecule has 32 heavy (non-hydrogen) atoms. The van der Waals surface area contributed by atoms with E-state index in [1.807, 2.05) is 6.92 Å². The third kappa shape index (κ3) is 4.79. The van der Waals surface area contributed by atoms with Gasteiger partial charge in [0.25, 0.3) is 11.8 Å². The highest BCUT2D eigenvalue weighted by molar-refractivity contribution is 6.31. The molecule has 168 valence electrons. The molecular formula is C24H26ClN3O4. The van der Waals surface area contributed by atoms with E-state index in [-0.39, 0.29) is 30.2 Å². The van der Waals surface area contributed by atoms with Gasteiger partial charge in [-0.1, -0.05) is 17.7 Å². The molecule has 8 heteroatoms. The van der Waals surface area contributed by atoms with Gasteiger partial charge in [0, 0.05) is 29.7 Å².